The van der Waals surface area contributed by atoms with Crippen molar-refractivity contribution in [2.75, 3.05) is 11.1 Å². The third-order valence-electron chi connectivity index (χ3n) is 3.14. The minimum Gasteiger partial charge on any atom is -0.411 e. The van der Waals surface area contributed by atoms with Gasteiger partial charge in [0.25, 0.3) is 5.22 Å². The molecule has 0 aliphatic rings. The fourth-order valence-corrected chi connectivity index (χ4v) is 2.72. The molecule has 24 heavy (non-hydrogen) atoms. The summed E-state index contributed by atoms with van der Waals surface area (Å²) in [5.41, 5.74) is 2.64. The first-order valence-electron chi connectivity index (χ1n) is 7.19. The molecule has 0 saturated carbocycles. The largest absolute Gasteiger partial charge is 0.411 e. The van der Waals surface area contributed by atoms with Crippen LogP contribution in [0, 0.1) is 6.92 Å². The summed E-state index contributed by atoms with van der Waals surface area (Å²) in [5, 5.41) is 11.7. The first kappa shape index (κ1) is 16.5. The number of benzene rings is 2. The Labute approximate surface area is 148 Å². The van der Waals surface area contributed by atoms with Crippen LogP contribution in [-0.2, 0) is 4.79 Å². The lowest BCUT2D eigenvalue weighted by molar-refractivity contribution is -0.113. The highest BCUT2D eigenvalue weighted by atomic mass is 35.5. The Morgan fingerprint density at radius 1 is 1.21 bits per heavy atom. The van der Waals surface area contributed by atoms with E-state index in [9.17, 15) is 4.79 Å². The van der Waals surface area contributed by atoms with Gasteiger partial charge < -0.3 is 9.73 Å². The van der Waals surface area contributed by atoms with Crippen LogP contribution in [0.5, 0.6) is 0 Å². The molecule has 0 atom stereocenters. The van der Waals surface area contributed by atoms with Gasteiger partial charge in [-0.05, 0) is 37.3 Å². The fraction of sp³-hybridized carbons (Fsp3) is 0.118. The van der Waals surface area contributed by atoms with Gasteiger partial charge in [0.15, 0.2) is 0 Å². The van der Waals surface area contributed by atoms with Crippen LogP contribution in [0.3, 0.4) is 0 Å². The highest BCUT2D eigenvalue weighted by Crippen LogP contribution is 2.25. The summed E-state index contributed by atoms with van der Waals surface area (Å²) in [6.07, 6.45) is 0. The standard InChI is InChI=1S/C17H14ClN3O2S/c1-11-5-7-14(8-6-11)19-15(22)10-24-17-21-20-16(23-17)12-3-2-4-13(18)9-12/h2-9H,10H2,1H3,(H,19,22). The molecule has 0 aliphatic heterocycles. The molecule has 1 amide bonds. The van der Waals surface area contributed by atoms with Crippen LogP contribution in [0.15, 0.2) is 58.2 Å². The molecule has 122 valence electrons. The zero-order valence-corrected chi connectivity index (χ0v) is 14.4. The Hall–Kier alpha value is -2.31. The van der Waals surface area contributed by atoms with Crippen molar-refractivity contribution in [3.8, 4) is 11.5 Å². The molecule has 2 aromatic carbocycles. The molecule has 1 aromatic heterocycles. The fourth-order valence-electron chi connectivity index (χ4n) is 1.97. The maximum absolute atomic E-state index is 12.0. The molecule has 0 bridgehead atoms. The van der Waals surface area contributed by atoms with Gasteiger partial charge in [-0.25, -0.2) is 0 Å². The lowest BCUT2D eigenvalue weighted by Gasteiger charge is -2.04. The second kappa shape index (κ2) is 7.51. The molecular weight excluding hydrogens is 346 g/mol. The van der Waals surface area contributed by atoms with Crippen LogP contribution < -0.4 is 5.32 Å². The number of aryl methyl sites for hydroxylation is 1. The lowest BCUT2D eigenvalue weighted by atomic mass is 10.2. The number of nitrogens with zero attached hydrogens (tertiary/aromatic N) is 2. The molecule has 0 aliphatic carbocycles. The number of carbonyl (C=O) groups is 1. The van der Waals surface area contributed by atoms with Crippen molar-refractivity contribution in [2.24, 2.45) is 0 Å². The molecule has 7 heteroatoms. The van der Waals surface area contributed by atoms with Crippen LogP contribution in [0.1, 0.15) is 5.56 Å². The molecule has 1 heterocycles. The van der Waals surface area contributed by atoms with E-state index < -0.39 is 0 Å². The van der Waals surface area contributed by atoms with Crippen molar-refractivity contribution in [1.82, 2.24) is 10.2 Å². The van der Waals surface area contributed by atoms with Crippen LogP contribution in [0.2, 0.25) is 5.02 Å². The van der Waals surface area contributed by atoms with Gasteiger partial charge in [0.05, 0.1) is 5.75 Å². The van der Waals surface area contributed by atoms with Gasteiger partial charge in [0, 0.05) is 16.3 Å². The number of anilines is 1. The van der Waals surface area contributed by atoms with Crippen molar-refractivity contribution in [2.45, 2.75) is 12.1 Å². The SMILES string of the molecule is Cc1ccc(NC(=O)CSc2nnc(-c3cccc(Cl)c3)o2)cc1. The van der Waals surface area contributed by atoms with Gasteiger partial charge in [-0.15, -0.1) is 10.2 Å². The predicted molar refractivity (Wildman–Crippen MR) is 95.3 cm³/mol. The molecule has 0 radical (unpaired) electrons. The third-order valence-corrected chi connectivity index (χ3v) is 4.19. The number of halogens is 1. The molecule has 0 unspecified atom stereocenters. The molecular formula is C17H14ClN3O2S. The molecule has 3 aromatic rings. The normalized spacial score (nSPS) is 10.6. The van der Waals surface area contributed by atoms with E-state index in [2.05, 4.69) is 15.5 Å². The van der Waals surface area contributed by atoms with Gasteiger partial charge >= 0.3 is 0 Å². The molecule has 5 nitrogen and oxygen atoms in total. The van der Waals surface area contributed by atoms with Crippen molar-refractivity contribution < 1.29 is 9.21 Å². The minimum absolute atomic E-state index is 0.133. The number of rotatable bonds is 5. The van der Waals surface area contributed by atoms with Gasteiger partial charge in [-0.1, -0.05) is 47.1 Å². The summed E-state index contributed by atoms with van der Waals surface area (Å²) in [5.74, 6) is 0.427. The Morgan fingerprint density at radius 2 is 2.00 bits per heavy atom. The average molecular weight is 360 g/mol. The number of carbonyl (C=O) groups excluding carboxylic acids is 1. The maximum atomic E-state index is 12.0. The molecule has 0 saturated heterocycles. The maximum Gasteiger partial charge on any atom is 0.277 e. The van der Waals surface area contributed by atoms with E-state index in [1.165, 1.54) is 11.8 Å². The summed E-state index contributed by atoms with van der Waals surface area (Å²) in [4.78, 5) is 12.0. The first-order valence-corrected chi connectivity index (χ1v) is 8.55. The van der Waals surface area contributed by atoms with Gasteiger partial charge in [0.2, 0.25) is 11.8 Å². The van der Waals surface area contributed by atoms with Crippen LogP contribution >= 0.6 is 23.4 Å². The van der Waals surface area contributed by atoms with Crippen LogP contribution in [-0.4, -0.2) is 21.9 Å². The quantitative estimate of drug-likeness (QED) is 0.682. The van der Waals surface area contributed by atoms with E-state index in [0.29, 0.717) is 16.1 Å². The zero-order chi connectivity index (χ0) is 16.9. The average Bonchev–Trinajstić information content (AvgIpc) is 3.04. The Bertz CT molecular complexity index is 849. The summed E-state index contributed by atoms with van der Waals surface area (Å²) in [6, 6.07) is 14.8. The van der Waals surface area contributed by atoms with E-state index in [1.54, 1.807) is 12.1 Å². The topological polar surface area (TPSA) is 68.0 Å². The summed E-state index contributed by atoms with van der Waals surface area (Å²) >= 11 is 7.13. The third kappa shape index (κ3) is 4.37. The van der Waals surface area contributed by atoms with Crippen molar-refractivity contribution in [3.05, 3.63) is 59.1 Å². The van der Waals surface area contributed by atoms with Crippen molar-refractivity contribution in [1.29, 1.82) is 0 Å². The Kier molecular flexibility index (Phi) is 5.17. The second-order valence-corrected chi connectivity index (χ2v) is 6.45. The highest BCUT2D eigenvalue weighted by molar-refractivity contribution is 7.99. The number of aromatic nitrogens is 2. The second-order valence-electron chi connectivity index (χ2n) is 5.09. The lowest BCUT2D eigenvalue weighted by Crippen LogP contribution is -2.13. The van der Waals surface area contributed by atoms with Gasteiger partial charge in [0.1, 0.15) is 0 Å². The molecule has 0 spiro atoms. The molecule has 3 rings (SSSR count). The Balaban J connectivity index is 1.57. The van der Waals surface area contributed by atoms with Crippen LogP contribution in [0.25, 0.3) is 11.5 Å². The van der Waals surface area contributed by atoms with E-state index in [-0.39, 0.29) is 11.7 Å². The highest BCUT2D eigenvalue weighted by Gasteiger charge is 2.11. The number of hydrogen-bond donors (Lipinski definition) is 1. The minimum atomic E-state index is -0.133. The smallest absolute Gasteiger partial charge is 0.277 e. The Morgan fingerprint density at radius 3 is 2.75 bits per heavy atom. The zero-order valence-electron chi connectivity index (χ0n) is 12.8. The van der Waals surface area contributed by atoms with E-state index >= 15 is 0 Å². The summed E-state index contributed by atoms with van der Waals surface area (Å²) < 4.78 is 5.54. The number of hydrogen-bond acceptors (Lipinski definition) is 5. The summed E-state index contributed by atoms with van der Waals surface area (Å²) in [7, 11) is 0. The molecule has 0 fully saturated rings. The van der Waals surface area contributed by atoms with Gasteiger partial charge in [-0.2, -0.15) is 0 Å². The summed E-state index contributed by atoms with van der Waals surface area (Å²) in [6.45, 7) is 1.99. The number of amides is 1. The van der Waals surface area contributed by atoms with Crippen LogP contribution in [0.4, 0.5) is 5.69 Å². The van der Waals surface area contributed by atoms with E-state index in [4.69, 9.17) is 16.0 Å². The van der Waals surface area contributed by atoms with E-state index in [0.717, 1.165) is 16.8 Å². The first-order chi connectivity index (χ1) is 11.6. The van der Waals surface area contributed by atoms with Gasteiger partial charge in [-0.3, -0.25) is 4.79 Å². The van der Waals surface area contributed by atoms with E-state index in [1.807, 2.05) is 43.3 Å². The number of nitrogens with one attached hydrogen (secondary N) is 1. The van der Waals surface area contributed by atoms with Crippen molar-refractivity contribution in [3.63, 3.8) is 0 Å². The molecule has 1 N–H and O–H groups in total. The van der Waals surface area contributed by atoms with Crippen molar-refractivity contribution >= 4 is 35.0 Å². The predicted octanol–water partition coefficient (Wildman–Crippen LogP) is 4.43. The number of thioether (sulfide) groups is 1. The monoisotopic (exact) mass is 359 g/mol.